The number of rotatable bonds is 7. The summed E-state index contributed by atoms with van der Waals surface area (Å²) in [6, 6.07) is 91.7. The van der Waals surface area contributed by atoms with Crippen LogP contribution in [0.3, 0.4) is 0 Å². The van der Waals surface area contributed by atoms with Gasteiger partial charge in [0.25, 0.3) is 0 Å². The second kappa shape index (κ2) is 15.4. The van der Waals surface area contributed by atoms with Crippen molar-refractivity contribution < 1.29 is 4.42 Å². The second-order valence-corrected chi connectivity index (χ2v) is 19.5. The fraction of sp³-hybridized carbons (Fsp3) is 0.0588. The number of anilines is 3. The Morgan fingerprint density at radius 2 is 0.929 bits per heavy atom. The van der Waals surface area contributed by atoms with Gasteiger partial charge in [0.05, 0.1) is 11.1 Å². The van der Waals surface area contributed by atoms with E-state index >= 15 is 0 Å². The third-order valence-electron chi connectivity index (χ3n) is 15.5. The summed E-state index contributed by atoms with van der Waals surface area (Å²) in [6.45, 7) is 4.78. The molecule has 1 heterocycles. The lowest BCUT2D eigenvalue weighted by atomic mass is 9.68. The number of furan rings is 1. The van der Waals surface area contributed by atoms with Crippen LogP contribution in [0.4, 0.5) is 17.1 Å². The lowest BCUT2D eigenvalue weighted by Crippen LogP contribution is -2.28. The molecule has 330 valence electrons. The van der Waals surface area contributed by atoms with Crippen molar-refractivity contribution in [2.24, 2.45) is 0 Å². The van der Waals surface area contributed by atoms with Gasteiger partial charge in [-0.05, 0) is 114 Å². The standard InChI is InChI=1S/C68H47NO/c1-67(2)59-40-37-48(43-58(59)55-39-36-45-22-12-13-27-50(45)65(55)67)69(49-38-41-61-57(42-49)52-28-14-16-33-60(52)68(61,46-23-8-4-9-24-46)47-25-10-5-11-26-47)62-34-17-15-29-53(62)54-31-19-35-63-64(54)56-32-18-30-51(66(56)70-63)44-20-6-3-7-21-44/h3-43H,1-2H3. The van der Waals surface area contributed by atoms with Crippen molar-refractivity contribution in [3.05, 3.63) is 282 Å². The van der Waals surface area contributed by atoms with Crippen molar-refractivity contribution in [3.8, 4) is 44.5 Å². The van der Waals surface area contributed by atoms with Crippen molar-refractivity contribution in [3.63, 3.8) is 0 Å². The van der Waals surface area contributed by atoms with Crippen molar-refractivity contribution in [2.45, 2.75) is 24.7 Å². The molecule has 0 radical (unpaired) electrons. The number of benzene rings is 11. The van der Waals surface area contributed by atoms with Gasteiger partial charge >= 0.3 is 0 Å². The van der Waals surface area contributed by atoms with E-state index in [1.807, 2.05) is 0 Å². The Hall–Kier alpha value is -8.72. The minimum atomic E-state index is -0.502. The van der Waals surface area contributed by atoms with Crippen LogP contribution in [0.25, 0.3) is 77.2 Å². The van der Waals surface area contributed by atoms with Gasteiger partial charge in [-0.3, -0.25) is 0 Å². The van der Waals surface area contributed by atoms with Gasteiger partial charge < -0.3 is 9.32 Å². The van der Waals surface area contributed by atoms with Crippen LogP contribution in [0.1, 0.15) is 47.2 Å². The molecule has 0 bridgehead atoms. The molecule has 11 aromatic carbocycles. The molecule has 2 aliphatic carbocycles. The molecule has 0 unspecified atom stereocenters. The van der Waals surface area contributed by atoms with Crippen molar-refractivity contribution in [2.75, 3.05) is 4.90 Å². The second-order valence-electron chi connectivity index (χ2n) is 19.5. The van der Waals surface area contributed by atoms with Gasteiger partial charge in [-0.1, -0.05) is 226 Å². The molecule has 1 aromatic heterocycles. The summed E-state index contributed by atoms with van der Waals surface area (Å²) >= 11 is 0. The fourth-order valence-corrected chi connectivity index (χ4v) is 12.6. The van der Waals surface area contributed by atoms with Crippen LogP contribution >= 0.6 is 0 Å². The molecule has 0 spiro atoms. The normalized spacial score (nSPS) is 13.8. The summed E-state index contributed by atoms with van der Waals surface area (Å²) in [7, 11) is 0. The molecule has 0 amide bonds. The SMILES string of the molecule is CC1(C)c2ccc(N(c3ccc4c(c3)-c3ccccc3C4(c3ccccc3)c3ccccc3)c3ccccc3-c3cccc4oc5c(-c6ccccc6)cccc5c34)cc2-c2ccc3ccccc3c21. The molecule has 2 heteroatoms. The molecule has 2 aliphatic rings. The molecule has 0 saturated carbocycles. The summed E-state index contributed by atoms with van der Waals surface area (Å²) in [5.41, 5.74) is 21.7. The average molecular weight is 894 g/mol. The minimum Gasteiger partial charge on any atom is -0.455 e. The van der Waals surface area contributed by atoms with Crippen LogP contribution in [-0.2, 0) is 10.8 Å². The zero-order valence-corrected chi connectivity index (χ0v) is 39.0. The molecule has 14 rings (SSSR count). The Balaban J connectivity index is 1.03. The van der Waals surface area contributed by atoms with Crippen LogP contribution in [0, 0.1) is 0 Å². The lowest BCUT2D eigenvalue weighted by Gasteiger charge is -2.34. The molecule has 0 aliphatic heterocycles. The average Bonchev–Trinajstić information content (AvgIpc) is 4.03. The molecule has 0 atom stereocenters. The van der Waals surface area contributed by atoms with E-state index in [4.69, 9.17) is 4.42 Å². The summed E-state index contributed by atoms with van der Waals surface area (Å²) < 4.78 is 6.87. The van der Waals surface area contributed by atoms with E-state index in [-0.39, 0.29) is 5.41 Å². The first-order chi connectivity index (χ1) is 34.5. The first-order valence-corrected chi connectivity index (χ1v) is 24.4. The highest BCUT2D eigenvalue weighted by atomic mass is 16.3. The minimum absolute atomic E-state index is 0.182. The highest BCUT2D eigenvalue weighted by Crippen LogP contribution is 2.58. The Bertz CT molecular complexity index is 3990. The van der Waals surface area contributed by atoms with Crippen LogP contribution in [-0.4, -0.2) is 0 Å². The van der Waals surface area contributed by atoms with Gasteiger partial charge in [-0.25, -0.2) is 0 Å². The summed E-state index contributed by atoms with van der Waals surface area (Å²) in [5.74, 6) is 0. The Kier molecular flexibility index (Phi) is 8.88. The monoisotopic (exact) mass is 893 g/mol. The maximum absolute atomic E-state index is 6.87. The highest BCUT2D eigenvalue weighted by Gasteiger charge is 2.46. The maximum Gasteiger partial charge on any atom is 0.143 e. The van der Waals surface area contributed by atoms with E-state index in [9.17, 15) is 0 Å². The third-order valence-corrected chi connectivity index (χ3v) is 15.5. The van der Waals surface area contributed by atoms with Crippen molar-refractivity contribution in [1.29, 1.82) is 0 Å². The Labute approximate surface area is 408 Å². The van der Waals surface area contributed by atoms with Crippen LogP contribution in [0.5, 0.6) is 0 Å². The van der Waals surface area contributed by atoms with Gasteiger partial charge in [0.1, 0.15) is 11.2 Å². The van der Waals surface area contributed by atoms with Crippen LogP contribution < -0.4 is 4.90 Å². The van der Waals surface area contributed by atoms with Gasteiger partial charge in [-0.2, -0.15) is 0 Å². The Morgan fingerprint density at radius 1 is 0.371 bits per heavy atom. The predicted molar refractivity (Wildman–Crippen MR) is 292 cm³/mol. The van der Waals surface area contributed by atoms with Crippen molar-refractivity contribution in [1.82, 2.24) is 0 Å². The largest absolute Gasteiger partial charge is 0.455 e. The smallest absolute Gasteiger partial charge is 0.143 e. The van der Waals surface area contributed by atoms with Gasteiger partial charge in [-0.15, -0.1) is 0 Å². The Morgan fingerprint density at radius 3 is 1.69 bits per heavy atom. The van der Waals surface area contributed by atoms with E-state index in [2.05, 4.69) is 267 Å². The number of fused-ring (bicyclic) bond motifs is 11. The van der Waals surface area contributed by atoms with E-state index < -0.39 is 5.41 Å². The summed E-state index contributed by atoms with van der Waals surface area (Å²) in [5, 5.41) is 4.80. The number of para-hydroxylation sites is 2. The zero-order valence-electron chi connectivity index (χ0n) is 39.0. The zero-order chi connectivity index (χ0) is 46.6. The van der Waals surface area contributed by atoms with E-state index in [1.165, 1.54) is 66.4 Å². The van der Waals surface area contributed by atoms with E-state index in [0.717, 1.165) is 61.3 Å². The number of hydrogen-bond donors (Lipinski definition) is 0. The predicted octanol–water partition coefficient (Wildman–Crippen LogP) is 18.2. The maximum atomic E-state index is 6.87. The summed E-state index contributed by atoms with van der Waals surface area (Å²) in [6.07, 6.45) is 0. The van der Waals surface area contributed by atoms with E-state index in [0.29, 0.717) is 0 Å². The van der Waals surface area contributed by atoms with Gasteiger partial charge in [0, 0.05) is 38.7 Å². The number of nitrogens with zero attached hydrogens (tertiary/aromatic N) is 1. The van der Waals surface area contributed by atoms with Gasteiger partial charge in [0.2, 0.25) is 0 Å². The van der Waals surface area contributed by atoms with Crippen LogP contribution in [0.15, 0.2) is 253 Å². The highest BCUT2D eigenvalue weighted by molar-refractivity contribution is 6.16. The molecule has 0 saturated heterocycles. The quantitative estimate of drug-likeness (QED) is 0.158. The first kappa shape index (κ1) is 40.4. The summed E-state index contributed by atoms with van der Waals surface area (Å²) in [4.78, 5) is 2.51. The molecule has 2 nitrogen and oxygen atoms in total. The molecule has 12 aromatic rings. The van der Waals surface area contributed by atoms with Crippen molar-refractivity contribution >= 4 is 49.8 Å². The van der Waals surface area contributed by atoms with Gasteiger partial charge in [0.15, 0.2) is 0 Å². The molecular weight excluding hydrogens is 847 g/mol. The first-order valence-electron chi connectivity index (χ1n) is 24.4. The third kappa shape index (κ3) is 5.74. The molecule has 70 heavy (non-hydrogen) atoms. The number of hydrogen-bond acceptors (Lipinski definition) is 2. The van der Waals surface area contributed by atoms with Crippen LogP contribution in [0.2, 0.25) is 0 Å². The fourth-order valence-electron chi connectivity index (χ4n) is 12.6. The molecule has 0 fully saturated rings. The molecular formula is C68H47NO. The lowest BCUT2D eigenvalue weighted by molar-refractivity contribution is 0.666. The topological polar surface area (TPSA) is 16.4 Å². The van der Waals surface area contributed by atoms with E-state index in [1.54, 1.807) is 0 Å². The molecule has 0 N–H and O–H groups in total.